The van der Waals surface area contributed by atoms with Crippen LogP contribution in [0.4, 0.5) is 0 Å². The van der Waals surface area contributed by atoms with Crippen LogP contribution in [0.5, 0.6) is 0 Å². The molecule has 152 valence electrons. The summed E-state index contributed by atoms with van der Waals surface area (Å²) in [6.07, 6.45) is 6.79. The van der Waals surface area contributed by atoms with Crippen LogP contribution in [-0.2, 0) is 0 Å². The van der Waals surface area contributed by atoms with Crippen molar-refractivity contribution in [3.05, 3.63) is 76.9 Å². The lowest BCUT2D eigenvalue weighted by atomic mass is 10.0. The van der Waals surface area contributed by atoms with E-state index in [9.17, 15) is 0 Å². The fourth-order valence-corrected chi connectivity index (χ4v) is 7.08. The summed E-state index contributed by atoms with van der Waals surface area (Å²) in [7, 11) is 0. The maximum atomic E-state index is 8.85. The van der Waals surface area contributed by atoms with Crippen molar-refractivity contribution in [1.82, 2.24) is 0 Å². The van der Waals surface area contributed by atoms with Gasteiger partial charge in [-0.25, -0.2) is 0 Å². The van der Waals surface area contributed by atoms with E-state index >= 15 is 0 Å². The highest BCUT2D eigenvalue weighted by atomic mass is 32.2. The van der Waals surface area contributed by atoms with Gasteiger partial charge in [-0.05, 0) is 85.3 Å². The van der Waals surface area contributed by atoms with Crippen molar-refractivity contribution in [2.75, 3.05) is 0 Å². The van der Waals surface area contributed by atoms with Gasteiger partial charge in [-0.3, -0.25) is 5.41 Å². The van der Waals surface area contributed by atoms with E-state index < -0.39 is 0 Å². The lowest BCUT2D eigenvalue weighted by Crippen LogP contribution is -2.07. The van der Waals surface area contributed by atoms with E-state index in [1.165, 1.54) is 69.0 Å². The molecular formula is C27H27NS2. The van der Waals surface area contributed by atoms with Crippen LogP contribution in [0.1, 0.15) is 54.4 Å². The summed E-state index contributed by atoms with van der Waals surface area (Å²) < 4.78 is 0. The average Bonchev–Trinajstić information content (AvgIpc) is 2.99. The first kappa shape index (κ1) is 20.0. The highest BCUT2D eigenvalue weighted by Crippen LogP contribution is 2.42. The second-order valence-electron chi connectivity index (χ2n) is 8.59. The zero-order valence-corrected chi connectivity index (χ0v) is 19.3. The molecule has 0 unspecified atom stereocenters. The van der Waals surface area contributed by atoms with E-state index in [1.807, 2.05) is 11.8 Å². The lowest BCUT2D eigenvalue weighted by molar-refractivity contribution is 0.516. The van der Waals surface area contributed by atoms with Crippen LogP contribution in [0.15, 0.2) is 69.3 Å². The minimum Gasteiger partial charge on any atom is -0.300 e. The molecule has 0 atom stereocenters. The molecule has 0 saturated heterocycles. The van der Waals surface area contributed by atoms with Crippen molar-refractivity contribution in [2.24, 2.45) is 0 Å². The normalized spacial score (nSPS) is 15.9. The first-order chi connectivity index (χ1) is 14.6. The maximum Gasteiger partial charge on any atom is 0.0697 e. The van der Waals surface area contributed by atoms with Crippen LogP contribution in [0, 0.1) is 19.3 Å². The number of thioether (sulfide) groups is 1. The quantitative estimate of drug-likeness (QED) is 0.353. The van der Waals surface area contributed by atoms with Gasteiger partial charge in [0.2, 0.25) is 0 Å². The summed E-state index contributed by atoms with van der Waals surface area (Å²) in [5.74, 6) is 0. The van der Waals surface area contributed by atoms with Crippen molar-refractivity contribution < 1.29 is 0 Å². The average molecular weight is 430 g/mol. The molecule has 1 saturated carbocycles. The van der Waals surface area contributed by atoms with Gasteiger partial charge < -0.3 is 0 Å². The second kappa shape index (κ2) is 8.28. The summed E-state index contributed by atoms with van der Waals surface area (Å²) in [6.45, 7) is 4.30. The molecule has 1 fully saturated rings. The van der Waals surface area contributed by atoms with Gasteiger partial charge in [0, 0.05) is 31.1 Å². The molecule has 2 aliphatic carbocycles. The molecule has 0 bridgehead atoms. The molecule has 0 aliphatic heterocycles. The second-order valence-corrected chi connectivity index (χ2v) is 11.1. The largest absolute Gasteiger partial charge is 0.300 e. The zero-order chi connectivity index (χ0) is 20.7. The third-order valence-electron chi connectivity index (χ3n) is 6.10. The van der Waals surface area contributed by atoms with Crippen molar-refractivity contribution in [2.45, 2.75) is 65.9 Å². The van der Waals surface area contributed by atoms with Gasteiger partial charge in [0.05, 0.1) is 5.71 Å². The first-order valence-corrected chi connectivity index (χ1v) is 12.6. The van der Waals surface area contributed by atoms with Crippen LogP contribution < -0.4 is 0 Å². The predicted octanol–water partition coefficient (Wildman–Crippen LogP) is 8.28. The monoisotopic (exact) mass is 429 g/mol. The first-order valence-electron chi connectivity index (χ1n) is 10.9. The Hall–Kier alpha value is -1.97. The highest BCUT2D eigenvalue weighted by Gasteiger charge is 2.25. The number of benzene rings is 3. The molecule has 0 heterocycles. The third-order valence-corrected chi connectivity index (χ3v) is 8.39. The summed E-state index contributed by atoms with van der Waals surface area (Å²) in [5.41, 5.74) is 7.84. The Morgan fingerprint density at radius 3 is 1.93 bits per heavy atom. The molecule has 0 radical (unpaired) electrons. The summed E-state index contributed by atoms with van der Waals surface area (Å²) >= 11 is 3.81. The molecule has 0 amide bonds. The van der Waals surface area contributed by atoms with Gasteiger partial charge in [0.25, 0.3) is 0 Å². The smallest absolute Gasteiger partial charge is 0.0697 e. The van der Waals surface area contributed by atoms with E-state index in [0.717, 1.165) is 16.4 Å². The molecule has 3 aromatic carbocycles. The van der Waals surface area contributed by atoms with E-state index in [0.29, 0.717) is 5.71 Å². The number of aryl methyl sites for hydroxylation is 2. The Labute approximate surface area is 188 Å². The number of hydrogen-bond acceptors (Lipinski definition) is 3. The Bertz CT molecular complexity index is 1110. The van der Waals surface area contributed by atoms with Crippen molar-refractivity contribution >= 4 is 29.2 Å². The Morgan fingerprint density at radius 1 is 0.667 bits per heavy atom. The Balaban J connectivity index is 1.40. The molecule has 3 aromatic rings. The molecule has 5 rings (SSSR count). The van der Waals surface area contributed by atoms with Gasteiger partial charge in [0.15, 0.2) is 0 Å². The van der Waals surface area contributed by atoms with Crippen LogP contribution in [0.2, 0.25) is 0 Å². The predicted molar refractivity (Wildman–Crippen MR) is 131 cm³/mol. The Kier molecular flexibility index (Phi) is 5.51. The Morgan fingerprint density at radius 2 is 1.27 bits per heavy atom. The van der Waals surface area contributed by atoms with Gasteiger partial charge in [-0.15, -0.1) is 11.8 Å². The molecule has 0 spiro atoms. The van der Waals surface area contributed by atoms with E-state index in [2.05, 4.69) is 68.4 Å². The molecule has 30 heavy (non-hydrogen) atoms. The van der Waals surface area contributed by atoms with E-state index in [1.54, 1.807) is 11.8 Å². The molecule has 3 heteroatoms. The van der Waals surface area contributed by atoms with E-state index in [4.69, 9.17) is 5.41 Å². The number of hydrogen-bond donors (Lipinski definition) is 1. The van der Waals surface area contributed by atoms with Gasteiger partial charge in [0.1, 0.15) is 0 Å². The number of rotatable bonds is 4. The SMILES string of the molecule is Cc1cc(C)cc(Sc2ccc3c(c2)C(=N)c2cc(SC4CCCCC4)ccc2-3)c1. The van der Waals surface area contributed by atoms with Gasteiger partial charge in [-0.2, -0.15) is 0 Å². The standard InChI is InChI=1S/C27H27NS2/c1-17-12-18(2)14-22(13-17)30-21-9-11-24-23-10-8-20(29-19-6-4-3-5-7-19)15-25(23)27(28)26(24)16-21/h8-16,19,28H,3-7H2,1-2H3. The topological polar surface area (TPSA) is 23.9 Å². The van der Waals surface area contributed by atoms with Crippen molar-refractivity contribution in [3.63, 3.8) is 0 Å². The van der Waals surface area contributed by atoms with Gasteiger partial charge >= 0.3 is 0 Å². The minimum atomic E-state index is 0.675. The molecule has 2 aliphatic rings. The van der Waals surface area contributed by atoms with E-state index in [-0.39, 0.29) is 0 Å². The van der Waals surface area contributed by atoms with Crippen molar-refractivity contribution in [3.8, 4) is 11.1 Å². The molecular weight excluding hydrogens is 402 g/mol. The van der Waals surface area contributed by atoms with Crippen LogP contribution >= 0.6 is 23.5 Å². The van der Waals surface area contributed by atoms with Crippen LogP contribution in [0.25, 0.3) is 11.1 Å². The minimum absolute atomic E-state index is 0.675. The lowest BCUT2D eigenvalue weighted by Gasteiger charge is -2.21. The molecule has 1 nitrogen and oxygen atoms in total. The fraction of sp³-hybridized carbons (Fsp3) is 0.296. The highest BCUT2D eigenvalue weighted by molar-refractivity contribution is 8.00. The van der Waals surface area contributed by atoms with Crippen LogP contribution in [0.3, 0.4) is 0 Å². The molecule has 0 aromatic heterocycles. The van der Waals surface area contributed by atoms with Gasteiger partial charge in [-0.1, -0.05) is 49.2 Å². The summed E-state index contributed by atoms with van der Waals surface area (Å²) in [6, 6.07) is 20.0. The third kappa shape index (κ3) is 3.98. The number of fused-ring (bicyclic) bond motifs is 3. The summed E-state index contributed by atoms with van der Waals surface area (Å²) in [5, 5.41) is 9.60. The van der Waals surface area contributed by atoms with Crippen LogP contribution in [-0.4, -0.2) is 11.0 Å². The molecule has 1 N–H and O–H groups in total. The zero-order valence-electron chi connectivity index (χ0n) is 17.6. The maximum absolute atomic E-state index is 8.85. The summed E-state index contributed by atoms with van der Waals surface area (Å²) in [4.78, 5) is 3.79. The number of nitrogens with one attached hydrogen (secondary N) is 1. The fourth-order valence-electron chi connectivity index (χ4n) is 4.72. The van der Waals surface area contributed by atoms with Crippen molar-refractivity contribution in [1.29, 1.82) is 5.41 Å².